The summed E-state index contributed by atoms with van der Waals surface area (Å²) in [5, 5.41) is 0. The first-order valence-electron chi connectivity index (χ1n) is 8.28. The molecular weight excluding hydrogens is 270 g/mol. The number of pyridine rings is 1. The third kappa shape index (κ3) is 4.65. The molecule has 0 N–H and O–H groups in total. The SMILES string of the molecule is c1ccc(CCCN2CCN(Cc3ccncc3)CC2)cc1. The van der Waals surface area contributed by atoms with Gasteiger partial charge in [0.05, 0.1) is 0 Å². The molecule has 1 aromatic heterocycles. The minimum Gasteiger partial charge on any atom is -0.301 e. The molecule has 0 spiro atoms. The van der Waals surface area contributed by atoms with Crippen LogP contribution in [0.3, 0.4) is 0 Å². The van der Waals surface area contributed by atoms with E-state index in [9.17, 15) is 0 Å². The Hall–Kier alpha value is -1.71. The molecule has 1 aliphatic rings. The molecule has 22 heavy (non-hydrogen) atoms. The highest BCUT2D eigenvalue weighted by Crippen LogP contribution is 2.09. The Balaban J connectivity index is 1.35. The lowest BCUT2D eigenvalue weighted by Crippen LogP contribution is -2.46. The van der Waals surface area contributed by atoms with Gasteiger partial charge in [-0.2, -0.15) is 0 Å². The summed E-state index contributed by atoms with van der Waals surface area (Å²) < 4.78 is 0. The molecule has 0 amide bonds. The van der Waals surface area contributed by atoms with Crippen LogP contribution >= 0.6 is 0 Å². The smallest absolute Gasteiger partial charge is 0.0271 e. The number of rotatable bonds is 6. The largest absolute Gasteiger partial charge is 0.301 e. The lowest BCUT2D eigenvalue weighted by Gasteiger charge is -2.34. The lowest BCUT2D eigenvalue weighted by molar-refractivity contribution is 0.126. The molecule has 1 fully saturated rings. The molecule has 0 saturated carbocycles. The third-order valence-electron chi connectivity index (χ3n) is 4.40. The molecule has 0 radical (unpaired) electrons. The second-order valence-electron chi connectivity index (χ2n) is 6.06. The fourth-order valence-electron chi connectivity index (χ4n) is 3.07. The molecule has 3 rings (SSSR count). The van der Waals surface area contributed by atoms with Gasteiger partial charge in [-0.3, -0.25) is 9.88 Å². The van der Waals surface area contributed by atoms with Crippen molar-refractivity contribution in [2.45, 2.75) is 19.4 Å². The summed E-state index contributed by atoms with van der Waals surface area (Å²) in [4.78, 5) is 9.23. The Labute approximate surface area is 133 Å². The lowest BCUT2D eigenvalue weighted by atomic mass is 10.1. The zero-order valence-corrected chi connectivity index (χ0v) is 13.2. The Morgan fingerprint density at radius 2 is 1.45 bits per heavy atom. The summed E-state index contributed by atoms with van der Waals surface area (Å²) in [5.74, 6) is 0. The van der Waals surface area contributed by atoms with Gasteiger partial charge in [-0.1, -0.05) is 30.3 Å². The number of aryl methyl sites for hydroxylation is 1. The van der Waals surface area contributed by atoms with Gasteiger partial charge in [0.25, 0.3) is 0 Å². The number of hydrogen-bond acceptors (Lipinski definition) is 3. The first-order chi connectivity index (χ1) is 10.9. The van der Waals surface area contributed by atoms with Gasteiger partial charge in [-0.15, -0.1) is 0 Å². The molecule has 3 heteroatoms. The quantitative estimate of drug-likeness (QED) is 0.817. The van der Waals surface area contributed by atoms with E-state index in [1.807, 2.05) is 12.4 Å². The van der Waals surface area contributed by atoms with Crippen LogP contribution in [0.1, 0.15) is 17.5 Å². The molecule has 2 heterocycles. The molecule has 0 unspecified atom stereocenters. The zero-order valence-electron chi connectivity index (χ0n) is 13.2. The van der Waals surface area contributed by atoms with Crippen LogP contribution in [0, 0.1) is 0 Å². The van der Waals surface area contributed by atoms with Crippen molar-refractivity contribution in [3.63, 3.8) is 0 Å². The summed E-state index contributed by atoms with van der Waals surface area (Å²) in [5.41, 5.74) is 2.83. The highest BCUT2D eigenvalue weighted by molar-refractivity contribution is 5.14. The molecule has 3 nitrogen and oxygen atoms in total. The average molecular weight is 295 g/mol. The Morgan fingerprint density at radius 3 is 2.18 bits per heavy atom. The van der Waals surface area contributed by atoms with Gasteiger partial charge in [0.1, 0.15) is 0 Å². The first-order valence-corrected chi connectivity index (χ1v) is 8.28. The van der Waals surface area contributed by atoms with Gasteiger partial charge in [-0.25, -0.2) is 0 Å². The van der Waals surface area contributed by atoms with E-state index in [0.717, 1.165) is 6.54 Å². The highest BCUT2D eigenvalue weighted by Gasteiger charge is 2.16. The molecule has 116 valence electrons. The Bertz CT molecular complexity index is 533. The van der Waals surface area contributed by atoms with Crippen LogP contribution in [-0.4, -0.2) is 47.5 Å². The van der Waals surface area contributed by atoms with E-state index in [4.69, 9.17) is 0 Å². The van der Waals surface area contributed by atoms with Crippen molar-refractivity contribution in [3.8, 4) is 0 Å². The van der Waals surface area contributed by atoms with Crippen LogP contribution in [0.4, 0.5) is 0 Å². The van der Waals surface area contributed by atoms with Crippen LogP contribution in [0.5, 0.6) is 0 Å². The van der Waals surface area contributed by atoms with Gasteiger partial charge in [0.15, 0.2) is 0 Å². The van der Waals surface area contributed by atoms with E-state index in [1.165, 1.54) is 56.7 Å². The maximum atomic E-state index is 4.08. The monoisotopic (exact) mass is 295 g/mol. The average Bonchev–Trinajstić information content (AvgIpc) is 2.58. The summed E-state index contributed by atoms with van der Waals surface area (Å²) in [6.45, 7) is 7.01. The normalized spacial score (nSPS) is 16.7. The maximum absolute atomic E-state index is 4.08. The topological polar surface area (TPSA) is 19.4 Å². The summed E-state index contributed by atoms with van der Waals surface area (Å²) >= 11 is 0. The van der Waals surface area contributed by atoms with Crippen molar-refractivity contribution in [3.05, 3.63) is 66.0 Å². The highest BCUT2D eigenvalue weighted by atomic mass is 15.3. The second-order valence-corrected chi connectivity index (χ2v) is 6.06. The molecular formula is C19H25N3. The minimum atomic E-state index is 1.06. The third-order valence-corrected chi connectivity index (χ3v) is 4.40. The summed E-state index contributed by atoms with van der Waals surface area (Å²) in [6.07, 6.45) is 6.22. The summed E-state index contributed by atoms with van der Waals surface area (Å²) in [6, 6.07) is 15.0. The van der Waals surface area contributed by atoms with Crippen LogP contribution in [-0.2, 0) is 13.0 Å². The number of aromatic nitrogens is 1. The standard InChI is InChI=1S/C19H25N3/c1-2-5-18(6-3-1)7-4-12-21-13-15-22(16-14-21)17-19-8-10-20-11-9-19/h1-3,5-6,8-11H,4,7,12-17H2. The van der Waals surface area contributed by atoms with Gasteiger partial charge in [-0.05, 0) is 42.6 Å². The predicted molar refractivity (Wildman–Crippen MR) is 90.7 cm³/mol. The molecule has 2 aromatic rings. The van der Waals surface area contributed by atoms with Crippen LogP contribution < -0.4 is 0 Å². The molecule has 1 aliphatic heterocycles. The van der Waals surface area contributed by atoms with E-state index in [-0.39, 0.29) is 0 Å². The van der Waals surface area contributed by atoms with Crippen molar-refractivity contribution in [2.75, 3.05) is 32.7 Å². The Kier molecular flexibility index (Phi) is 5.57. The molecule has 0 atom stereocenters. The minimum absolute atomic E-state index is 1.06. The van der Waals surface area contributed by atoms with Crippen molar-refractivity contribution in [1.29, 1.82) is 0 Å². The number of nitrogens with zero attached hydrogens (tertiary/aromatic N) is 3. The number of piperazine rings is 1. The molecule has 1 saturated heterocycles. The van der Waals surface area contributed by atoms with Gasteiger partial charge < -0.3 is 4.90 Å². The van der Waals surface area contributed by atoms with E-state index in [0.29, 0.717) is 0 Å². The second kappa shape index (κ2) is 8.06. The van der Waals surface area contributed by atoms with Crippen LogP contribution in [0.25, 0.3) is 0 Å². The van der Waals surface area contributed by atoms with Gasteiger partial charge in [0.2, 0.25) is 0 Å². The van der Waals surface area contributed by atoms with E-state index >= 15 is 0 Å². The summed E-state index contributed by atoms with van der Waals surface area (Å²) in [7, 11) is 0. The van der Waals surface area contributed by atoms with E-state index in [1.54, 1.807) is 0 Å². The maximum Gasteiger partial charge on any atom is 0.0271 e. The zero-order chi connectivity index (χ0) is 15.0. The number of hydrogen-bond donors (Lipinski definition) is 0. The van der Waals surface area contributed by atoms with Crippen molar-refractivity contribution in [2.24, 2.45) is 0 Å². The van der Waals surface area contributed by atoms with Gasteiger partial charge >= 0.3 is 0 Å². The molecule has 0 aliphatic carbocycles. The number of benzene rings is 1. The van der Waals surface area contributed by atoms with Crippen molar-refractivity contribution in [1.82, 2.24) is 14.8 Å². The van der Waals surface area contributed by atoms with Gasteiger partial charge in [0, 0.05) is 45.1 Å². The Morgan fingerprint density at radius 1 is 0.773 bits per heavy atom. The van der Waals surface area contributed by atoms with Crippen molar-refractivity contribution < 1.29 is 0 Å². The predicted octanol–water partition coefficient (Wildman–Crippen LogP) is 2.83. The van der Waals surface area contributed by atoms with E-state index in [2.05, 4.69) is 57.2 Å². The van der Waals surface area contributed by atoms with Crippen molar-refractivity contribution >= 4 is 0 Å². The van der Waals surface area contributed by atoms with Crippen LogP contribution in [0.15, 0.2) is 54.9 Å². The molecule has 0 bridgehead atoms. The fraction of sp³-hybridized carbons (Fsp3) is 0.421. The molecule has 1 aromatic carbocycles. The van der Waals surface area contributed by atoms with Crippen LogP contribution in [0.2, 0.25) is 0 Å². The van der Waals surface area contributed by atoms with E-state index < -0.39 is 0 Å². The fourth-order valence-corrected chi connectivity index (χ4v) is 3.07. The first kappa shape index (κ1) is 15.2.